The summed E-state index contributed by atoms with van der Waals surface area (Å²) in [7, 11) is 0. The molecule has 0 saturated carbocycles. The Morgan fingerprint density at radius 3 is 3.14 bits per heavy atom. The summed E-state index contributed by atoms with van der Waals surface area (Å²) in [6, 6.07) is 2.02. The van der Waals surface area contributed by atoms with E-state index in [-0.39, 0.29) is 6.04 Å². The summed E-state index contributed by atoms with van der Waals surface area (Å²) in [5.41, 5.74) is 7.28. The Bertz CT molecular complexity index is 313. The van der Waals surface area contributed by atoms with Gasteiger partial charge in [-0.3, -0.25) is 4.98 Å². The fourth-order valence-corrected chi connectivity index (χ4v) is 2.26. The molecule has 0 aromatic carbocycles. The van der Waals surface area contributed by atoms with Crippen LogP contribution in [0, 0.1) is 5.92 Å². The summed E-state index contributed by atoms with van der Waals surface area (Å²) < 4.78 is 6.31. The fraction of sp³-hybridized carbons (Fsp3) is 0.500. The Kier molecular flexibility index (Phi) is 3.15. The van der Waals surface area contributed by atoms with Crippen LogP contribution < -0.4 is 5.73 Å². The molecule has 3 nitrogen and oxygen atoms in total. The van der Waals surface area contributed by atoms with E-state index in [1.807, 2.05) is 6.07 Å². The van der Waals surface area contributed by atoms with Crippen molar-refractivity contribution in [3.63, 3.8) is 0 Å². The summed E-state index contributed by atoms with van der Waals surface area (Å²) in [6.07, 6.45) is 4.61. The van der Waals surface area contributed by atoms with Crippen LogP contribution in [0.5, 0.6) is 0 Å². The monoisotopic (exact) mass is 256 g/mol. The van der Waals surface area contributed by atoms with Crippen molar-refractivity contribution < 1.29 is 4.74 Å². The van der Waals surface area contributed by atoms with Crippen LogP contribution in [0.2, 0.25) is 0 Å². The normalized spacial score (nSPS) is 23.7. The van der Waals surface area contributed by atoms with Crippen molar-refractivity contribution in [3.05, 3.63) is 28.5 Å². The van der Waals surface area contributed by atoms with E-state index in [1.54, 1.807) is 12.4 Å². The first-order chi connectivity index (χ1) is 6.79. The first-order valence-electron chi connectivity index (χ1n) is 4.72. The molecule has 1 saturated heterocycles. The molecule has 0 amide bonds. The zero-order valence-electron chi connectivity index (χ0n) is 7.82. The van der Waals surface area contributed by atoms with Crippen LogP contribution in [0.1, 0.15) is 18.0 Å². The number of hydrogen-bond donors (Lipinski definition) is 1. The van der Waals surface area contributed by atoms with Gasteiger partial charge in [0.25, 0.3) is 0 Å². The second-order valence-electron chi connectivity index (χ2n) is 3.55. The number of ether oxygens (including phenoxy) is 1. The number of pyridine rings is 1. The maximum atomic E-state index is 6.16. The minimum Gasteiger partial charge on any atom is -0.381 e. The Morgan fingerprint density at radius 2 is 2.50 bits per heavy atom. The first kappa shape index (κ1) is 10.1. The molecule has 4 heteroatoms. The van der Waals surface area contributed by atoms with Crippen LogP contribution in [0.15, 0.2) is 22.9 Å². The molecule has 1 aromatic heterocycles. The van der Waals surface area contributed by atoms with E-state index in [4.69, 9.17) is 10.5 Å². The molecule has 76 valence electrons. The number of hydrogen-bond acceptors (Lipinski definition) is 3. The maximum Gasteiger partial charge on any atom is 0.0513 e. The third-order valence-corrected chi connectivity index (χ3v) is 3.30. The number of halogens is 1. The highest BCUT2D eigenvalue weighted by Crippen LogP contribution is 2.30. The van der Waals surface area contributed by atoms with Gasteiger partial charge in [-0.2, -0.15) is 0 Å². The van der Waals surface area contributed by atoms with E-state index in [0.717, 1.165) is 29.7 Å². The Labute approximate surface area is 91.8 Å². The topological polar surface area (TPSA) is 48.1 Å². The number of nitrogens with two attached hydrogens (primary N) is 1. The van der Waals surface area contributed by atoms with Crippen LogP contribution in [-0.4, -0.2) is 18.2 Å². The minimum absolute atomic E-state index is 0.0508. The molecule has 2 rings (SSSR count). The van der Waals surface area contributed by atoms with E-state index >= 15 is 0 Å². The van der Waals surface area contributed by atoms with Gasteiger partial charge in [-0.1, -0.05) is 0 Å². The molecule has 0 spiro atoms. The van der Waals surface area contributed by atoms with Crippen molar-refractivity contribution in [3.8, 4) is 0 Å². The predicted octanol–water partition coefficient (Wildman–Crippen LogP) is 1.88. The van der Waals surface area contributed by atoms with Gasteiger partial charge in [-0.25, -0.2) is 0 Å². The molecule has 2 atom stereocenters. The highest BCUT2D eigenvalue weighted by molar-refractivity contribution is 9.10. The molecule has 0 aliphatic carbocycles. The van der Waals surface area contributed by atoms with Gasteiger partial charge in [0.2, 0.25) is 0 Å². The molecule has 14 heavy (non-hydrogen) atoms. The smallest absolute Gasteiger partial charge is 0.0513 e. The third-order valence-electron chi connectivity index (χ3n) is 2.64. The van der Waals surface area contributed by atoms with Gasteiger partial charge in [-0.15, -0.1) is 0 Å². The van der Waals surface area contributed by atoms with Gasteiger partial charge in [0, 0.05) is 35.4 Å². The van der Waals surface area contributed by atoms with E-state index in [9.17, 15) is 0 Å². The van der Waals surface area contributed by atoms with Crippen molar-refractivity contribution in [2.45, 2.75) is 12.5 Å². The van der Waals surface area contributed by atoms with Crippen molar-refractivity contribution >= 4 is 15.9 Å². The lowest BCUT2D eigenvalue weighted by Gasteiger charge is -2.18. The van der Waals surface area contributed by atoms with Crippen molar-refractivity contribution in [2.24, 2.45) is 11.7 Å². The number of nitrogens with zero attached hydrogens (tertiary/aromatic N) is 1. The molecule has 2 N–H and O–H groups in total. The zero-order valence-corrected chi connectivity index (χ0v) is 9.40. The van der Waals surface area contributed by atoms with Crippen LogP contribution in [0.4, 0.5) is 0 Å². The predicted molar refractivity (Wildman–Crippen MR) is 57.8 cm³/mol. The van der Waals surface area contributed by atoms with Gasteiger partial charge in [0.15, 0.2) is 0 Å². The standard InChI is InChI=1S/C10H13BrN2O/c11-9-5-13-3-1-8(9)10(12)7-2-4-14-6-7/h1,3,5,7,10H,2,4,6,12H2. The number of rotatable bonds is 2. The molecule has 0 bridgehead atoms. The molecule has 2 unspecified atom stereocenters. The van der Waals surface area contributed by atoms with E-state index < -0.39 is 0 Å². The maximum absolute atomic E-state index is 6.16. The Hall–Kier alpha value is -0.450. The lowest BCUT2D eigenvalue weighted by molar-refractivity contribution is 0.181. The molecular formula is C10H13BrN2O. The average Bonchev–Trinajstić information content (AvgIpc) is 2.70. The van der Waals surface area contributed by atoms with Gasteiger partial charge in [0.05, 0.1) is 6.61 Å². The summed E-state index contributed by atoms with van der Waals surface area (Å²) >= 11 is 3.46. The van der Waals surface area contributed by atoms with Crippen molar-refractivity contribution in [2.75, 3.05) is 13.2 Å². The van der Waals surface area contributed by atoms with Crippen molar-refractivity contribution in [1.29, 1.82) is 0 Å². The van der Waals surface area contributed by atoms with Gasteiger partial charge < -0.3 is 10.5 Å². The summed E-state index contributed by atoms with van der Waals surface area (Å²) in [6.45, 7) is 1.61. The van der Waals surface area contributed by atoms with Crippen LogP contribution in [0.3, 0.4) is 0 Å². The van der Waals surface area contributed by atoms with E-state index in [0.29, 0.717) is 5.92 Å². The lowest BCUT2D eigenvalue weighted by atomic mass is 9.94. The molecule has 1 aliphatic rings. The van der Waals surface area contributed by atoms with Gasteiger partial charge >= 0.3 is 0 Å². The van der Waals surface area contributed by atoms with Crippen molar-refractivity contribution in [1.82, 2.24) is 4.98 Å². The fourth-order valence-electron chi connectivity index (χ4n) is 1.75. The van der Waals surface area contributed by atoms with Crippen LogP contribution in [0.25, 0.3) is 0 Å². The molecule has 1 aromatic rings. The molecule has 2 heterocycles. The van der Waals surface area contributed by atoms with E-state index in [1.165, 1.54) is 0 Å². The first-order valence-corrected chi connectivity index (χ1v) is 5.51. The Morgan fingerprint density at radius 1 is 1.64 bits per heavy atom. The second-order valence-corrected chi connectivity index (χ2v) is 4.40. The second kappa shape index (κ2) is 4.38. The largest absolute Gasteiger partial charge is 0.381 e. The Balaban J connectivity index is 2.17. The summed E-state index contributed by atoms with van der Waals surface area (Å²) in [5.74, 6) is 0.439. The molecule has 0 radical (unpaired) electrons. The van der Waals surface area contributed by atoms with Gasteiger partial charge in [-0.05, 0) is 34.0 Å². The molecule has 1 aliphatic heterocycles. The number of aromatic nitrogens is 1. The van der Waals surface area contributed by atoms with Crippen LogP contribution >= 0.6 is 15.9 Å². The average molecular weight is 257 g/mol. The highest BCUT2D eigenvalue weighted by atomic mass is 79.9. The lowest BCUT2D eigenvalue weighted by Crippen LogP contribution is -2.22. The van der Waals surface area contributed by atoms with Gasteiger partial charge in [0.1, 0.15) is 0 Å². The SMILES string of the molecule is NC(c1ccncc1Br)C1CCOC1. The minimum atomic E-state index is 0.0508. The third kappa shape index (κ3) is 1.97. The van der Waals surface area contributed by atoms with E-state index in [2.05, 4.69) is 20.9 Å². The van der Waals surface area contributed by atoms with Crippen LogP contribution in [-0.2, 0) is 4.74 Å². The molecule has 1 fully saturated rings. The molecular weight excluding hydrogens is 244 g/mol. The quantitative estimate of drug-likeness (QED) is 0.879. The zero-order chi connectivity index (χ0) is 9.97. The summed E-state index contributed by atoms with van der Waals surface area (Å²) in [5, 5.41) is 0. The summed E-state index contributed by atoms with van der Waals surface area (Å²) in [4.78, 5) is 4.02. The highest BCUT2D eigenvalue weighted by Gasteiger charge is 2.25.